The molecule has 0 bridgehead atoms. The minimum absolute atomic E-state index is 0.0377. The lowest BCUT2D eigenvalue weighted by molar-refractivity contribution is -0.136. The predicted molar refractivity (Wildman–Crippen MR) is 115 cm³/mol. The van der Waals surface area contributed by atoms with Gasteiger partial charge >= 0.3 is 0 Å². The fraction of sp³-hybridized carbons (Fsp3) is 0.542. The van der Waals surface area contributed by atoms with Crippen molar-refractivity contribution in [3.05, 3.63) is 59.4 Å². The van der Waals surface area contributed by atoms with Gasteiger partial charge in [0.2, 0.25) is 5.91 Å². The van der Waals surface area contributed by atoms with Crippen LogP contribution < -0.4 is 0 Å². The Balaban J connectivity index is 1.83. The summed E-state index contributed by atoms with van der Waals surface area (Å²) in [6.07, 6.45) is 1.99. The lowest BCUT2D eigenvalue weighted by atomic mass is 9.86. The zero-order chi connectivity index (χ0) is 20.3. The number of carbonyl (C=O) groups excluding carboxylic acids is 1. The zero-order valence-electron chi connectivity index (χ0n) is 18.0. The number of nitrogens with zero attached hydrogens (tertiary/aromatic N) is 2. The van der Waals surface area contributed by atoms with Crippen LogP contribution in [0.15, 0.2) is 42.6 Å². The molecule has 1 aromatic carbocycles. The molecule has 152 valence electrons. The van der Waals surface area contributed by atoms with Gasteiger partial charge in [-0.05, 0) is 49.9 Å². The number of aromatic nitrogens is 1. The molecule has 0 aliphatic carbocycles. The molecule has 1 amide bonds. The van der Waals surface area contributed by atoms with E-state index in [4.69, 9.17) is 0 Å². The first-order chi connectivity index (χ1) is 13.4. The lowest BCUT2D eigenvalue weighted by Crippen LogP contribution is -2.43. The topological polar surface area (TPSA) is 39.3 Å². The van der Waals surface area contributed by atoms with Crippen molar-refractivity contribution < 1.29 is 4.79 Å². The number of rotatable bonds is 7. The molecule has 2 atom stereocenters. The molecule has 1 aliphatic rings. The van der Waals surface area contributed by atoms with Crippen molar-refractivity contribution in [2.45, 2.75) is 53.1 Å². The van der Waals surface area contributed by atoms with Crippen molar-refractivity contribution in [2.75, 3.05) is 19.6 Å². The number of carbonyl (C=O) groups is 1. The van der Waals surface area contributed by atoms with E-state index in [0.29, 0.717) is 11.8 Å². The van der Waals surface area contributed by atoms with Crippen LogP contribution in [0.1, 0.15) is 50.4 Å². The summed E-state index contributed by atoms with van der Waals surface area (Å²) in [4.78, 5) is 20.8. The number of benzene rings is 1. The second kappa shape index (κ2) is 8.95. The van der Waals surface area contributed by atoms with Crippen LogP contribution in [0.5, 0.6) is 0 Å². The first-order valence-corrected chi connectivity index (χ1v) is 10.6. The monoisotopic (exact) mass is 381 g/mol. The average molecular weight is 382 g/mol. The largest absolute Gasteiger partial charge is 0.364 e. The van der Waals surface area contributed by atoms with Crippen molar-refractivity contribution in [2.24, 2.45) is 11.8 Å². The molecule has 28 heavy (non-hydrogen) atoms. The molecular formula is C24H35N3O. The minimum Gasteiger partial charge on any atom is -0.364 e. The predicted octanol–water partition coefficient (Wildman–Crippen LogP) is 4.43. The van der Waals surface area contributed by atoms with E-state index in [1.807, 2.05) is 20.0 Å². The van der Waals surface area contributed by atoms with Crippen LogP contribution in [0.3, 0.4) is 0 Å². The fourth-order valence-corrected chi connectivity index (χ4v) is 4.48. The summed E-state index contributed by atoms with van der Waals surface area (Å²) >= 11 is 0. The molecule has 0 spiro atoms. The van der Waals surface area contributed by atoms with Gasteiger partial charge in [0.25, 0.3) is 0 Å². The number of amides is 1. The van der Waals surface area contributed by atoms with E-state index >= 15 is 0 Å². The number of aryl methyl sites for hydroxylation is 1. The number of hydrogen-bond acceptors (Lipinski definition) is 2. The first-order valence-electron chi connectivity index (χ1n) is 10.6. The average Bonchev–Trinajstić information content (AvgIpc) is 3.29. The van der Waals surface area contributed by atoms with E-state index in [9.17, 15) is 4.79 Å². The molecule has 3 rings (SSSR count). The maximum atomic E-state index is 12.8. The Morgan fingerprint density at radius 3 is 2.50 bits per heavy atom. The van der Waals surface area contributed by atoms with Gasteiger partial charge in [0.05, 0.1) is 0 Å². The second-order valence-electron chi connectivity index (χ2n) is 8.85. The van der Waals surface area contributed by atoms with Crippen LogP contribution in [-0.4, -0.2) is 46.4 Å². The van der Waals surface area contributed by atoms with Gasteiger partial charge in [0, 0.05) is 55.9 Å². The Morgan fingerprint density at radius 2 is 1.89 bits per heavy atom. The van der Waals surface area contributed by atoms with Gasteiger partial charge in [-0.15, -0.1) is 0 Å². The van der Waals surface area contributed by atoms with Crippen molar-refractivity contribution >= 4 is 5.91 Å². The molecule has 2 unspecified atom stereocenters. The summed E-state index contributed by atoms with van der Waals surface area (Å²) < 4.78 is 0. The van der Waals surface area contributed by atoms with E-state index in [2.05, 4.69) is 72.0 Å². The van der Waals surface area contributed by atoms with E-state index in [1.165, 1.54) is 16.8 Å². The Kier molecular flexibility index (Phi) is 6.61. The third-order valence-electron chi connectivity index (χ3n) is 5.99. The Morgan fingerprint density at radius 1 is 1.14 bits per heavy atom. The number of likely N-dealkylation sites (tertiary alicyclic amines) is 1. The first kappa shape index (κ1) is 20.7. The van der Waals surface area contributed by atoms with Crippen LogP contribution in [0, 0.1) is 18.8 Å². The normalized spacial score (nSPS) is 20.2. The molecule has 0 saturated carbocycles. The van der Waals surface area contributed by atoms with Crippen molar-refractivity contribution in [3.8, 4) is 0 Å². The summed E-state index contributed by atoms with van der Waals surface area (Å²) in [6, 6.07) is 13.2. The number of nitrogens with one attached hydrogen (secondary N) is 1. The summed E-state index contributed by atoms with van der Waals surface area (Å²) in [5.41, 5.74) is 4.04. The van der Waals surface area contributed by atoms with E-state index in [1.54, 1.807) is 0 Å². The van der Waals surface area contributed by atoms with Crippen LogP contribution in [0.2, 0.25) is 0 Å². The smallest absolute Gasteiger partial charge is 0.225 e. The molecule has 1 fully saturated rings. The minimum atomic E-state index is 0.0377. The highest BCUT2D eigenvalue weighted by Crippen LogP contribution is 2.36. The van der Waals surface area contributed by atoms with E-state index in [-0.39, 0.29) is 17.9 Å². The molecule has 4 nitrogen and oxygen atoms in total. The maximum Gasteiger partial charge on any atom is 0.225 e. The van der Waals surface area contributed by atoms with Gasteiger partial charge in [-0.1, -0.05) is 38.1 Å². The van der Waals surface area contributed by atoms with E-state index in [0.717, 1.165) is 26.2 Å². The standard InChI is InChI=1S/C24H35N3O/c1-17(2)24(28)27(18(3)4)14-20-13-26(15-21-10-8-12-25-21)16-23(20)22-11-7-6-9-19(22)5/h6-12,17-18,20,23,25H,13-16H2,1-5H3. The van der Waals surface area contributed by atoms with Gasteiger partial charge in [-0.25, -0.2) is 0 Å². The maximum absolute atomic E-state index is 12.8. The summed E-state index contributed by atoms with van der Waals surface area (Å²) in [5.74, 6) is 1.20. The summed E-state index contributed by atoms with van der Waals surface area (Å²) in [5, 5.41) is 0. The van der Waals surface area contributed by atoms with Crippen molar-refractivity contribution in [1.82, 2.24) is 14.8 Å². The molecule has 0 radical (unpaired) electrons. The molecule has 4 heteroatoms. The number of aromatic amines is 1. The highest BCUT2D eigenvalue weighted by atomic mass is 16.2. The van der Waals surface area contributed by atoms with Gasteiger partial charge in [0.15, 0.2) is 0 Å². The molecular weight excluding hydrogens is 346 g/mol. The van der Waals surface area contributed by atoms with Crippen LogP contribution in [0.25, 0.3) is 0 Å². The molecule has 1 aliphatic heterocycles. The van der Waals surface area contributed by atoms with Crippen LogP contribution in [-0.2, 0) is 11.3 Å². The van der Waals surface area contributed by atoms with Gasteiger partial charge in [-0.3, -0.25) is 9.69 Å². The lowest BCUT2D eigenvalue weighted by Gasteiger charge is -2.33. The Bertz CT molecular complexity index is 766. The fourth-order valence-electron chi connectivity index (χ4n) is 4.48. The highest BCUT2D eigenvalue weighted by molar-refractivity contribution is 5.78. The quantitative estimate of drug-likeness (QED) is 0.770. The molecule has 1 saturated heterocycles. The van der Waals surface area contributed by atoms with Gasteiger partial charge < -0.3 is 9.88 Å². The molecule has 2 aromatic rings. The zero-order valence-corrected chi connectivity index (χ0v) is 18.0. The van der Waals surface area contributed by atoms with Crippen molar-refractivity contribution in [1.29, 1.82) is 0 Å². The Labute approximate surface area is 169 Å². The molecule has 1 aromatic heterocycles. The summed E-state index contributed by atoms with van der Waals surface area (Å²) in [6.45, 7) is 14.3. The third-order valence-corrected chi connectivity index (χ3v) is 5.99. The number of H-pyrrole nitrogens is 1. The third kappa shape index (κ3) is 4.67. The molecule has 2 heterocycles. The highest BCUT2D eigenvalue weighted by Gasteiger charge is 2.37. The van der Waals surface area contributed by atoms with Gasteiger partial charge in [0.1, 0.15) is 0 Å². The SMILES string of the molecule is Cc1ccccc1C1CN(Cc2ccc[nH]2)CC1CN(C(=O)C(C)C)C(C)C. The van der Waals surface area contributed by atoms with Gasteiger partial charge in [-0.2, -0.15) is 0 Å². The van der Waals surface area contributed by atoms with Crippen molar-refractivity contribution in [3.63, 3.8) is 0 Å². The summed E-state index contributed by atoms with van der Waals surface area (Å²) in [7, 11) is 0. The molecule has 1 N–H and O–H groups in total. The number of hydrogen-bond donors (Lipinski definition) is 1. The second-order valence-corrected chi connectivity index (χ2v) is 8.85. The van der Waals surface area contributed by atoms with Crippen LogP contribution in [0.4, 0.5) is 0 Å². The Hall–Kier alpha value is -2.07. The van der Waals surface area contributed by atoms with E-state index < -0.39 is 0 Å². The van der Waals surface area contributed by atoms with Crippen LogP contribution >= 0.6 is 0 Å².